The van der Waals surface area contributed by atoms with Gasteiger partial charge in [-0.05, 0) is 61.7 Å². The molecule has 0 aliphatic carbocycles. The average molecular weight is 452 g/mol. The Morgan fingerprint density at radius 3 is 2.35 bits per heavy atom. The van der Waals surface area contributed by atoms with Gasteiger partial charge in [-0.2, -0.15) is 4.73 Å². The van der Waals surface area contributed by atoms with Crippen LogP contribution >= 0.6 is 23.2 Å². The minimum absolute atomic E-state index is 0.0618. The molecule has 158 valence electrons. The number of rotatable bonds is 6. The SMILES string of the molecule is CCOn1c(-c2c(Cl)cccc2Cl)cc2ccc(C(=O)Cc3ccc(C)c(C)c3)cc21. The first-order valence-corrected chi connectivity index (χ1v) is 11.0. The second-order valence-corrected chi connectivity index (χ2v) is 8.44. The highest BCUT2D eigenvalue weighted by Gasteiger charge is 2.18. The van der Waals surface area contributed by atoms with Crippen molar-refractivity contribution >= 4 is 39.9 Å². The molecule has 0 bridgehead atoms. The van der Waals surface area contributed by atoms with E-state index in [0.29, 0.717) is 34.2 Å². The quantitative estimate of drug-likeness (QED) is 0.292. The number of carbonyl (C=O) groups is 1. The molecule has 0 amide bonds. The largest absolute Gasteiger partial charge is 0.414 e. The van der Waals surface area contributed by atoms with Gasteiger partial charge in [0.1, 0.15) is 6.61 Å². The summed E-state index contributed by atoms with van der Waals surface area (Å²) in [6, 6.07) is 19.2. The van der Waals surface area contributed by atoms with Gasteiger partial charge < -0.3 is 4.84 Å². The lowest BCUT2D eigenvalue weighted by Gasteiger charge is -2.13. The average Bonchev–Trinajstić information content (AvgIpc) is 3.08. The fraction of sp³-hybridized carbons (Fsp3) is 0.192. The van der Waals surface area contributed by atoms with E-state index in [2.05, 4.69) is 26.0 Å². The Hall–Kier alpha value is -2.75. The minimum atomic E-state index is 0.0618. The van der Waals surface area contributed by atoms with E-state index in [0.717, 1.165) is 22.2 Å². The highest BCUT2D eigenvalue weighted by Crippen LogP contribution is 2.37. The Kier molecular flexibility index (Phi) is 6.08. The van der Waals surface area contributed by atoms with Crippen LogP contribution < -0.4 is 4.84 Å². The first-order chi connectivity index (χ1) is 14.9. The normalized spacial score (nSPS) is 11.1. The molecule has 0 aliphatic rings. The molecule has 0 spiro atoms. The van der Waals surface area contributed by atoms with E-state index in [1.54, 1.807) is 16.9 Å². The summed E-state index contributed by atoms with van der Waals surface area (Å²) in [4.78, 5) is 18.9. The van der Waals surface area contributed by atoms with Crippen LogP contribution in [-0.2, 0) is 6.42 Å². The lowest BCUT2D eigenvalue weighted by atomic mass is 9.99. The summed E-state index contributed by atoms with van der Waals surface area (Å²) in [6.07, 6.45) is 0.352. The van der Waals surface area contributed by atoms with Gasteiger partial charge in [0, 0.05) is 22.9 Å². The van der Waals surface area contributed by atoms with E-state index in [1.807, 2.05) is 43.3 Å². The molecule has 31 heavy (non-hydrogen) atoms. The first kappa shape index (κ1) is 21.5. The molecule has 4 rings (SSSR count). The van der Waals surface area contributed by atoms with Gasteiger partial charge in [-0.15, -0.1) is 0 Å². The number of benzene rings is 3. The van der Waals surface area contributed by atoms with Crippen LogP contribution in [0.4, 0.5) is 0 Å². The van der Waals surface area contributed by atoms with Crippen molar-refractivity contribution in [1.29, 1.82) is 0 Å². The maximum Gasteiger partial charge on any atom is 0.167 e. The molecule has 0 aliphatic heterocycles. The zero-order chi connectivity index (χ0) is 22.1. The Morgan fingerprint density at radius 1 is 0.935 bits per heavy atom. The third-order valence-corrected chi connectivity index (χ3v) is 6.13. The molecule has 0 saturated heterocycles. The number of hydrogen-bond acceptors (Lipinski definition) is 2. The van der Waals surface area contributed by atoms with E-state index >= 15 is 0 Å². The molecule has 0 saturated carbocycles. The second-order valence-electron chi connectivity index (χ2n) is 7.63. The van der Waals surface area contributed by atoms with Crippen molar-refractivity contribution in [3.8, 4) is 11.3 Å². The van der Waals surface area contributed by atoms with Crippen LogP contribution in [0.5, 0.6) is 0 Å². The fourth-order valence-corrected chi connectivity index (χ4v) is 4.33. The summed E-state index contributed by atoms with van der Waals surface area (Å²) in [7, 11) is 0. The zero-order valence-corrected chi connectivity index (χ0v) is 19.2. The molecule has 1 aromatic heterocycles. The van der Waals surface area contributed by atoms with Crippen LogP contribution in [0.15, 0.2) is 60.7 Å². The summed E-state index contributed by atoms with van der Waals surface area (Å²) < 4.78 is 1.72. The summed E-state index contributed by atoms with van der Waals surface area (Å²) >= 11 is 12.9. The Morgan fingerprint density at radius 2 is 1.68 bits per heavy atom. The number of nitrogens with zero attached hydrogens (tertiary/aromatic N) is 1. The summed E-state index contributed by atoms with van der Waals surface area (Å²) in [5.74, 6) is 0.0618. The smallest absolute Gasteiger partial charge is 0.167 e. The van der Waals surface area contributed by atoms with Crippen LogP contribution in [0.3, 0.4) is 0 Å². The van der Waals surface area contributed by atoms with Gasteiger partial charge in [0.15, 0.2) is 5.78 Å². The summed E-state index contributed by atoms with van der Waals surface area (Å²) in [5.41, 5.74) is 6.33. The van der Waals surface area contributed by atoms with Gasteiger partial charge in [-0.1, -0.05) is 59.6 Å². The zero-order valence-electron chi connectivity index (χ0n) is 17.7. The molecule has 1 heterocycles. The molecule has 3 aromatic carbocycles. The van der Waals surface area contributed by atoms with Gasteiger partial charge in [-0.25, -0.2) is 0 Å². The first-order valence-electron chi connectivity index (χ1n) is 10.2. The number of hydrogen-bond donors (Lipinski definition) is 0. The summed E-state index contributed by atoms with van der Waals surface area (Å²) in [5, 5.41) is 2.03. The lowest BCUT2D eigenvalue weighted by Crippen LogP contribution is -2.12. The number of fused-ring (bicyclic) bond motifs is 1. The molecule has 5 heteroatoms. The third kappa shape index (κ3) is 4.21. The van der Waals surface area contributed by atoms with Crippen molar-refractivity contribution in [2.45, 2.75) is 27.2 Å². The maximum atomic E-state index is 13.0. The van der Waals surface area contributed by atoms with E-state index in [4.69, 9.17) is 28.0 Å². The molecule has 0 atom stereocenters. The number of Topliss-reactive ketones (excluding diaryl/α,β-unsaturated/α-hetero) is 1. The molecule has 3 nitrogen and oxygen atoms in total. The topological polar surface area (TPSA) is 31.2 Å². The van der Waals surface area contributed by atoms with Crippen molar-refractivity contribution in [1.82, 2.24) is 4.73 Å². The number of halogens is 2. The number of ketones is 1. The van der Waals surface area contributed by atoms with Gasteiger partial charge >= 0.3 is 0 Å². The van der Waals surface area contributed by atoms with Gasteiger partial charge in [0.05, 0.1) is 21.3 Å². The predicted octanol–water partition coefficient (Wildman–Crippen LogP) is 7.11. The molecular weight excluding hydrogens is 429 g/mol. The Bertz CT molecular complexity index is 1270. The summed E-state index contributed by atoms with van der Waals surface area (Å²) in [6.45, 7) is 6.50. The second kappa shape index (κ2) is 8.78. The number of carbonyl (C=O) groups excluding carboxylic acids is 1. The van der Waals surface area contributed by atoms with Crippen LogP contribution in [0, 0.1) is 13.8 Å². The van der Waals surface area contributed by atoms with Crippen LogP contribution in [-0.4, -0.2) is 17.1 Å². The molecule has 0 fully saturated rings. The van der Waals surface area contributed by atoms with Crippen LogP contribution in [0.2, 0.25) is 10.0 Å². The standard InChI is InChI=1S/C26H23Cl2NO2/c1-4-31-29-23-15-20(25(30)13-18-9-8-16(2)17(3)12-18)11-10-19(23)14-24(29)26-21(27)6-5-7-22(26)28/h5-12,14-15H,4,13H2,1-3H3. The Labute approximate surface area is 192 Å². The molecule has 4 aromatic rings. The highest BCUT2D eigenvalue weighted by molar-refractivity contribution is 6.39. The lowest BCUT2D eigenvalue weighted by molar-refractivity contribution is 0.0993. The molecule has 0 radical (unpaired) electrons. The predicted molar refractivity (Wildman–Crippen MR) is 128 cm³/mol. The van der Waals surface area contributed by atoms with E-state index in [1.165, 1.54) is 11.1 Å². The van der Waals surface area contributed by atoms with Crippen molar-refractivity contribution in [2.75, 3.05) is 6.61 Å². The van der Waals surface area contributed by atoms with Gasteiger partial charge in [0.25, 0.3) is 0 Å². The third-order valence-electron chi connectivity index (χ3n) is 5.50. The molecule has 0 N–H and O–H groups in total. The maximum absolute atomic E-state index is 13.0. The van der Waals surface area contributed by atoms with E-state index in [-0.39, 0.29) is 5.78 Å². The van der Waals surface area contributed by atoms with Crippen molar-refractivity contribution in [2.24, 2.45) is 0 Å². The number of aryl methyl sites for hydroxylation is 2. The van der Waals surface area contributed by atoms with Crippen LogP contribution in [0.1, 0.15) is 34.0 Å². The van der Waals surface area contributed by atoms with E-state index in [9.17, 15) is 4.79 Å². The van der Waals surface area contributed by atoms with Crippen molar-refractivity contribution in [3.63, 3.8) is 0 Å². The van der Waals surface area contributed by atoms with Crippen LogP contribution in [0.25, 0.3) is 22.2 Å². The van der Waals surface area contributed by atoms with E-state index < -0.39 is 0 Å². The van der Waals surface area contributed by atoms with Gasteiger partial charge in [-0.3, -0.25) is 4.79 Å². The van der Waals surface area contributed by atoms with Crippen molar-refractivity contribution in [3.05, 3.63) is 93.0 Å². The Balaban J connectivity index is 1.77. The minimum Gasteiger partial charge on any atom is -0.414 e. The fourth-order valence-electron chi connectivity index (χ4n) is 3.74. The molecule has 0 unspecified atom stereocenters. The highest BCUT2D eigenvalue weighted by atomic mass is 35.5. The van der Waals surface area contributed by atoms with Crippen molar-refractivity contribution < 1.29 is 9.63 Å². The van der Waals surface area contributed by atoms with Gasteiger partial charge in [0.2, 0.25) is 0 Å². The monoisotopic (exact) mass is 451 g/mol. The number of aromatic nitrogens is 1. The molecular formula is C26H23Cl2NO2.